The number of hydrogen-bond donors (Lipinski definition) is 0. The average Bonchev–Trinajstić information content (AvgIpc) is 3.56. The maximum absolute atomic E-state index is 13.6. The highest BCUT2D eigenvalue weighted by atomic mass is 32.1. The van der Waals surface area contributed by atoms with Crippen molar-refractivity contribution in [3.05, 3.63) is 142 Å². The Labute approximate surface area is 256 Å². The van der Waals surface area contributed by atoms with Gasteiger partial charge < -0.3 is 18.9 Å². The molecule has 222 valence electrons. The molecule has 4 aromatic carbocycles. The van der Waals surface area contributed by atoms with E-state index in [0.29, 0.717) is 15.6 Å². The third-order valence-electron chi connectivity index (χ3n) is 7.17. The summed E-state index contributed by atoms with van der Waals surface area (Å²) in [7, 11) is 0. The summed E-state index contributed by atoms with van der Waals surface area (Å²) in [6, 6.07) is 30.5. The second-order valence-electron chi connectivity index (χ2n) is 10.2. The molecule has 1 saturated heterocycles. The van der Waals surface area contributed by atoms with Crippen LogP contribution in [0.3, 0.4) is 0 Å². The van der Waals surface area contributed by atoms with E-state index in [9.17, 15) is 19.2 Å². The number of hydrogen-bond acceptors (Lipinski definition) is 9. The van der Waals surface area contributed by atoms with Crippen molar-refractivity contribution in [3.63, 3.8) is 0 Å². The number of aromatic nitrogens is 1. The van der Waals surface area contributed by atoms with E-state index in [-0.39, 0.29) is 23.3 Å². The minimum atomic E-state index is -1.26. The highest BCUT2D eigenvalue weighted by molar-refractivity contribution is 7.13. The number of carbonyl (C=O) groups excluding carboxylic acids is 3. The van der Waals surface area contributed by atoms with Gasteiger partial charge in [0, 0.05) is 0 Å². The lowest BCUT2D eigenvalue weighted by Crippen LogP contribution is -2.41. The van der Waals surface area contributed by atoms with E-state index >= 15 is 0 Å². The molecule has 1 aromatic heterocycles. The van der Waals surface area contributed by atoms with Crippen LogP contribution in [0.4, 0.5) is 0 Å². The molecule has 9 nitrogen and oxygen atoms in total. The van der Waals surface area contributed by atoms with E-state index in [4.69, 9.17) is 18.9 Å². The number of esters is 3. The highest BCUT2D eigenvalue weighted by Crippen LogP contribution is 2.37. The van der Waals surface area contributed by atoms with Crippen LogP contribution in [0.1, 0.15) is 42.9 Å². The Kier molecular flexibility index (Phi) is 8.36. The van der Waals surface area contributed by atoms with Crippen molar-refractivity contribution in [3.8, 4) is 0 Å². The lowest BCUT2D eigenvalue weighted by atomic mass is 10.1. The van der Waals surface area contributed by atoms with Gasteiger partial charge in [-0.05, 0) is 55.5 Å². The average molecular weight is 610 g/mol. The quantitative estimate of drug-likeness (QED) is 0.166. The number of aryl methyl sites for hydroxylation is 1. The first-order valence-corrected chi connectivity index (χ1v) is 14.7. The second-order valence-corrected chi connectivity index (χ2v) is 11.2. The number of fused-ring (bicyclic) bond motifs is 1. The molecule has 0 radical (unpaired) electrons. The van der Waals surface area contributed by atoms with Crippen LogP contribution in [-0.2, 0) is 18.9 Å². The first kappa shape index (κ1) is 29.0. The van der Waals surface area contributed by atoms with Gasteiger partial charge in [0.25, 0.3) is 5.56 Å². The van der Waals surface area contributed by atoms with Gasteiger partial charge in [-0.3, -0.25) is 4.79 Å². The maximum Gasteiger partial charge on any atom is 0.338 e. The molecule has 2 heterocycles. The summed E-state index contributed by atoms with van der Waals surface area (Å²) in [6.07, 6.45) is -4.75. The fraction of sp³-hybridized carbons (Fsp3) is 0.176. The smallest absolute Gasteiger partial charge is 0.338 e. The van der Waals surface area contributed by atoms with E-state index in [0.717, 1.165) is 17.1 Å². The molecule has 6 rings (SSSR count). The molecule has 0 spiro atoms. The standard InChI is InChI=1S/C34H27NO8S/c1-21-17-18-27-25(19-21)30(36)35(44-27)31-29(43-34(39)24-15-9-4-10-16-24)28(42-33(38)23-13-7-3-8-14-23)26(41-31)20-40-32(37)22-11-5-2-6-12-22/h2-19,26,28-29,31H,20H2,1H3/t26-,28-,29-,31-/m1/s1. The summed E-state index contributed by atoms with van der Waals surface area (Å²) < 4.78 is 25.9. The van der Waals surface area contributed by atoms with Crippen LogP contribution in [0.25, 0.3) is 10.1 Å². The normalized spacial score (nSPS) is 19.4. The molecule has 44 heavy (non-hydrogen) atoms. The lowest BCUT2D eigenvalue weighted by Gasteiger charge is -2.24. The first-order chi connectivity index (χ1) is 21.4. The Morgan fingerprint density at radius 1 is 0.727 bits per heavy atom. The molecule has 1 fully saturated rings. The second kappa shape index (κ2) is 12.7. The van der Waals surface area contributed by atoms with E-state index < -0.39 is 42.4 Å². The molecule has 0 bridgehead atoms. The number of rotatable bonds is 8. The molecule has 10 heteroatoms. The van der Waals surface area contributed by atoms with Crippen molar-refractivity contribution in [1.29, 1.82) is 0 Å². The highest BCUT2D eigenvalue weighted by Gasteiger charge is 2.52. The summed E-state index contributed by atoms with van der Waals surface area (Å²) in [5, 5.41) is 0.475. The predicted octanol–water partition coefficient (Wildman–Crippen LogP) is 5.58. The van der Waals surface area contributed by atoms with Gasteiger partial charge in [-0.1, -0.05) is 77.8 Å². The Morgan fingerprint density at radius 3 is 1.82 bits per heavy atom. The summed E-state index contributed by atoms with van der Waals surface area (Å²) in [6.45, 7) is 1.54. The molecule has 0 saturated carbocycles. The number of ether oxygens (including phenoxy) is 4. The fourth-order valence-electron chi connectivity index (χ4n) is 4.97. The van der Waals surface area contributed by atoms with Gasteiger partial charge in [-0.15, -0.1) is 0 Å². The minimum absolute atomic E-state index is 0.262. The first-order valence-electron chi connectivity index (χ1n) is 13.9. The van der Waals surface area contributed by atoms with E-state index in [1.165, 1.54) is 3.96 Å². The van der Waals surface area contributed by atoms with E-state index in [2.05, 4.69) is 0 Å². The van der Waals surface area contributed by atoms with Gasteiger partial charge in [0.1, 0.15) is 12.7 Å². The van der Waals surface area contributed by atoms with E-state index in [1.807, 2.05) is 19.1 Å². The summed E-state index contributed by atoms with van der Waals surface area (Å²) in [5.74, 6) is -2.01. The fourth-order valence-corrected chi connectivity index (χ4v) is 6.01. The number of carbonyl (C=O) groups is 3. The van der Waals surface area contributed by atoms with Gasteiger partial charge >= 0.3 is 17.9 Å². The van der Waals surface area contributed by atoms with Gasteiger partial charge in [-0.2, -0.15) is 0 Å². The summed E-state index contributed by atoms with van der Waals surface area (Å²) >= 11 is 1.14. The zero-order valence-corrected chi connectivity index (χ0v) is 24.3. The third-order valence-corrected chi connectivity index (χ3v) is 8.30. The zero-order valence-electron chi connectivity index (χ0n) is 23.5. The van der Waals surface area contributed by atoms with Crippen molar-refractivity contribution >= 4 is 39.5 Å². The van der Waals surface area contributed by atoms with E-state index in [1.54, 1.807) is 97.1 Å². The molecule has 0 N–H and O–H groups in total. The molecular weight excluding hydrogens is 582 g/mol. The zero-order chi connectivity index (χ0) is 30.6. The topological polar surface area (TPSA) is 110 Å². The largest absolute Gasteiger partial charge is 0.459 e. The number of benzene rings is 4. The van der Waals surface area contributed by atoms with Gasteiger partial charge in [0.05, 0.1) is 26.8 Å². The predicted molar refractivity (Wildman–Crippen MR) is 163 cm³/mol. The summed E-state index contributed by atoms with van der Waals surface area (Å²) in [5.41, 5.74) is 1.40. The monoisotopic (exact) mass is 609 g/mol. The Morgan fingerprint density at radius 2 is 1.25 bits per heavy atom. The molecule has 0 unspecified atom stereocenters. The molecule has 1 aliphatic heterocycles. The van der Waals surface area contributed by atoms with Crippen molar-refractivity contribution < 1.29 is 33.3 Å². The van der Waals surface area contributed by atoms with Crippen LogP contribution in [-0.4, -0.2) is 46.8 Å². The molecule has 0 aliphatic carbocycles. The molecule has 4 atom stereocenters. The maximum atomic E-state index is 13.6. The molecular formula is C34H27NO8S. The van der Waals surface area contributed by atoms with Crippen molar-refractivity contribution in [2.75, 3.05) is 6.61 Å². The number of nitrogens with zero attached hydrogens (tertiary/aromatic N) is 1. The Bertz CT molecular complexity index is 1850. The molecule has 5 aromatic rings. The summed E-state index contributed by atoms with van der Waals surface area (Å²) in [4.78, 5) is 53.1. The SMILES string of the molecule is Cc1ccc2sn([C@@H]3O[C@H](COC(=O)c4ccccc4)[C@@H](OC(=O)c4ccccc4)[C@H]3OC(=O)c3ccccc3)c(=O)c2c1. The molecule has 1 aliphatic rings. The van der Waals surface area contributed by atoms with Crippen molar-refractivity contribution in [1.82, 2.24) is 3.96 Å². The lowest BCUT2D eigenvalue weighted by molar-refractivity contribution is -0.0587. The van der Waals surface area contributed by atoms with Gasteiger partial charge in [-0.25, -0.2) is 18.3 Å². The van der Waals surface area contributed by atoms with Crippen LogP contribution < -0.4 is 5.56 Å². The third kappa shape index (κ3) is 6.03. The van der Waals surface area contributed by atoms with Gasteiger partial charge in [0.2, 0.25) is 0 Å². The molecule has 0 amide bonds. The Hall–Kier alpha value is -5.06. The van der Waals surface area contributed by atoms with Crippen LogP contribution >= 0.6 is 11.5 Å². The van der Waals surface area contributed by atoms with Crippen molar-refractivity contribution in [2.45, 2.75) is 31.5 Å². The van der Waals surface area contributed by atoms with Crippen LogP contribution in [0.2, 0.25) is 0 Å². The van der Waals surface area contributed by atoms with Crippen LogP contribution in [0, 0.1) is 6.92 Å². The minimum Gasteiger partial charge on any atom is -0.459 e. The van der Waals surface area contributed by atoms with Crippen LogP contribution in [0.15, 0.2) is 114 Å². The Balaban J connectivity index is 1.38. The van der Waals surface area contributed by atoms with Crippen molar-refractivity contribution in [2.24, 2.45) is 0 Å². The van der Waals surface area contributed by atoms with Crippen LogP contribution in [0.5, 0.6) is 0 Å². The van der Waals surface area contributed by atoms with Gasteiger partial charge in [0.15, 0.2) is 18.4 Å².